The van der Waals surface area contributed by atoms with Crippen LogP contribution >= 0.6 is 11.8 Å². The van der Waals surface area contributed by atoms with Crippen molar-refractivity contribution in [1.29, 1.82) is 0 Å². The highest BCUT2D eigenvalue weighted by atomic mass is 32.2. The number of thioether (sulfide) groups is 1. The minimum atomic E-state index is -0.495. The van der Waals surface area contributed by atoms with Crippen LogP contribution in [0.5, 0.6) is 5.75 Å². The van der Waals surface area contributed by atoms with E-state index < -0.39 is 4.92 Å². The van der Waals surface area contributed by atoms with Gasteiger partial charge in [0.2, 0.25) is 5.12 Å². The molecule has 5 nitrogen and oxygen atoms in total. The molecule has 0 amide bonds. The number of carbonyl (C=O) groups is 1. The molecule has 2 aromatic rings. The Balaban J connectivity index is 2.08. The van der Waals surface area contributed by atoms with E-state index in [1.165, 1.54) is 24.3 Å². The number of nitrogens with zero attached hydrogens (tertiary/aromatic N) is 1. The van der Waals surface area contributed by atoms with E-state index in [9.17, 15) is 14.9 Å². The molecule has 0 heterocycles. The highest BCUT2D eigenvalue weighted by Gasteiger charge is 2.11. The lowest BCUT2D eigenvalue weighted by atomic mass is 10.2. The van der Waals surface area contributed by atoms with Gasteiger partial charge in [-0.25, -0.2) is 0 Å². The van der Waals surface area contributed by atoms with Crippen LogP contribution in [0, 0.1) is 10.1 Å². The molecule has 0 unspecified atom stereocenters. The van der Waals surface area contributed by atoms with Gasteiger partial charge in [0.25, 0.3) is 5.69 Å². The van der Waals surface area contributed by atoms with E-state index in [1.54, 1.807) is 31.4 Å². The third kappa shape index (κ3) is 3.36. The second-order valence-corrected chi connectivity index (χ2v) is 4.92. The van der Waals surface area contributed by atoms with Crippen LogP contribution in [0.15, 0.2) is 53.4 Å². The number of nitro benzene ring substituents is 1. The third-order valence-corrected chi connectivity index (χ3v) is 3.51. The van der Waals surface area contributed by atoms with E-state index in [0.717, 1.165) is 22.4 Å². The maximum Gasteiger partial charge on any atom is 0.269 e. The van der Waals surface area contributed by atoms with Gasteiger partial charge in [-0.2, -0.15) is 0 Å². The summed E-state index contributed by atoms with van der Waals surface area (Å²) in [5.74, 6) is 0.720. The molecule has 0 N–H and O–H groups in total. The lowest BCUT2D eigenvalue weighted by Crippen LogP contribution is -1.94. The average Bonchev–Trinajstić information content (AvgIpc) is 2.48. The first kappa shape index (κ1) is 14.1. The summed E-state index contributed by atoms with van der Waals surface area (Å²) in [6.07, 6.45) is 0. The Bertz CT molecular complexity index is 623. The summed E-state index contributed by atoms with van der Waals surface area (Å²) in [6, 6.07) is 12.7. The van der Waals surface area contributed by atoms with Crippen molar-refractivity contribution in [3.8, 4) is 5.75 Å². The van der Waals surface area contributed by atoms with Gasteiger partial charge in [-0.3, -0.25) is 14.9 Å². The Kier molecular flexibility index (Phi) is 4.37. The van der Waals surface area contributed by atoms with Crippen LogP contribution in [0.25, 0.3) is 0 Å². The molecule has 2 rings (SSSR count). The SMILES string of the molecule is COc1ccc(SC(=O)c2ccc([N+](=O)[O-])cc2)cc1. The smallest absolute Gasteiger partial charge is 0.269 e. The average molecular weight is 289 g/mol. The van der Waals surface area contributed by atoms with Gasteiger partial charge in [-0.1, -0.05) is 0 Å². The van der Waals surface area contributed by atoms with Crippen LogP contribution in [0.3, 0.4) is 0 Å². The van der Waals surface area contributed by atoms with E-state index in [-0.39, 0.29) is 10.8 Å². The van der Waals surface area contributed by atoms with E-state index in [2.05, 4.69) is 0 Å². The predicted molar refractivity (Wildman–Crippen MR) is 76.3 cm³/mol. The first-order chi connectivity index (χ1) is 9.60. The lowest BCUT2D eigenvalue weighted by Gasteiger charge is -2.03. The van der Waals surface area contributed by atoms with E-state index in [1.807, 2.05) is 0 Å². The molecule has 102 valence electrons. The quantitative estimate of drug-likeness (QED) is 0.489. The Morgan fingerprint density at radius 2 is 1.70 bits per heavy atom. The van der Waals surface area contributed by atoms with Gasteiger partial charge < -0.3 is 4.74 Å². The van der Waals surface area contributed by atoms with Gasteiger partial charge in [0, 0.05) is 22.6 Å². The second-order valence-electron chi connectivity index (χ2n) is 3.87. The number of methoxy groups -OCH3 is 1. The summed E-state index contributed by atoms with van der Waals surface area (Å²) in [5, 5.41) is 10.4. The number of benzene rings is 2. The molecule has 0 saturated heterocycles. The number of hydrogen-bond donors (Lipinski definition) is 0. The van der Waals surface area contributed by atoms with Crippen molar-refractivity contribution in [1.82, 2.24) is 0 Å². The normalized spacial score (nSPS) is 10.1. The van der Waals surface area contributed by atoms with E-state index in [0.29, 0.717) is 5.56 Å². The highest BCUT2D eigenvalue weighted by molar-refractivity contribution is 8.14. The molecule has 0 aliphatic rings. The van der Waals surface area contributed by atoms with Crippen LogP contribution in [-0.4, -0.2) is 17.1 Å². The van der Waals surface area contributed by atoms with Gasteiger partial charge >= 0.3 is 0 Å². The van der Waals surface area contributed by atoms with Crippen molar-refractivity contribution >= 4 is 22.6 Å². The highest BCUT2D eigenvalue weighted by Crippen LogP contribution is 2.25. The van der Waals surface area contributed by atoms with Gasteiger partial charge in [0.15, 0.2) is 0 Å². The number of hydrogen-bond acceptors (Lipinski definition) is 5. The zero-order chi connectivity index (χ0) is 14.5. The number of rotatable bonds is 4. The number of ether oxygens (including phenoxy) is 1. The fourth-order valence-corrected chi connectivity index (χ4v) is 2.27. The van der Waals surface area contributed by atoms with Crippen molar-refractivity contribution in [2.24, 2.45) is 0 Å². The molecule has 0 atom stereocenters. The maximum atomic E-state index is 12.0. The molecule has 0 aliphatic heterocycles. The molecule has 2 aromatic carbocycles. The van der Waals surface area contributed by atoms with Crippen LogP contribution in [0.2, 0.25) is 0 Å². The van der Waals surface area contributed by atoms with Crippen LogP contribution in [-0.2, 0) is 0 Å². The molecule has 0 spiro atoms. The van der Waals surface area contributed by atoms with Gasteiger partial charge in [-0.05, 0) is 48.2 Å². The predicted octanol–water partition coefficient (Wildman–Crippen LogP) is 3.54. The van der Waals surface area contributed by atoms with Crippen molar-refractivity contribution in [3.63, 3.8) is 0 Å². The molecule has 0 aliphatic carbocycles. The summed E-state index contributed by atoms with van der Waals surface area (Å²) in [5.41, 5.74) is 0.396. The zero-order valence-electron chi connectivity index (χ0n) is 10.6. The molecule has 0 aromatic heterocycles. The fraction of sp³-hybridized carbons (Fsp3) is 0.0714. The van der Waals surface area contributed by atoms with Crippen LogP contribution in [0.4, 0.5) is 5.69 Å². The Hall–Kier alpha value is -2.34. The number of non-ortho nitro benzene ring substituents is 1. The fourth-order valence-electron chi connectivity index (χ4n) is 1.53. The summed E-state index contributed by atoms with van der Waals surface area (Å²) in [7, 11) is 1.57. The molecular weight excluding hydrogens is 278 g/mol. The molecule has 0 fully saturated rings. The Labute approximate surface area is 119 Å². The first-order valence-electron chi connectivity index (χ1n) is 5.71. The monoisotopic (exact) mass is 289 g/mol. The van der Waals surface area contributed by atoms with Crippen molar-refractivity contribution in [3.05, 3.63) is 64.2 Å². The van der Waals surface area contributed by atoms with Gasteiger partial charge in [0.1, 0.15) is 5.75 Å². The largest absolute Gasteiger partial charge is 0.497 e. The number of carbonyl (C=O) groups excluding carboxylic acids is 1. The van der Waals surface area contributed by atoms with E-state index >= 15 is 0 Å². The standard InChI is InChI=1S/C14H11NO4S/c1-19-12-6-8-13(9-7-12)20-14(16)10-2-4-11(5-3-10)15(17)18/h2-9H,1H3. The van der Waals surface area contributed by atoms with Crippen LogP contribution in [0.1, 0.15) is 10.4 Å². The molecule has 0 radical (unpaired) electrons. The first-order valence-corrected chi connectivity index (χ1v) is 6.52. The summed E-state index contributed by atoms with van der Waals surface area (Å²) >= 11 is 1.07. The molecule has 0 bridgehead atoms. The van der Waals surface area contributed by atoms with Crippen molar-refractivity contribution in [2.75, 3.05) is 7.11 Å². The van der Waals surface area contributed by atoms with Gasteiger partial charge in [-0.15, -0.1) is 0 Å². The molecule has 20 heavy (non-hydrogen) atoms. The van der Waals surface area contributed by atoms with Gasteiger partial charge in [0.05, 0.1) is 12.0 Å². The Morgan fingerprint density at radius 1 is 1.10 bits per heavy atom. The van der Waals surface area contributed by atoms with Crippen molar-refractivity contribution in [2.45, 2.75) is 4.90 Å². The summed E-state index contributed by atoms with van der Waals surface area (Å²) in [4.78, 5) is 22.8. The topological polar surface area (TPSA) is 69.4 Å². The second kappa shape index (κ2) is 6.21. The maximum absolute atomic E-state index is 12.0. The lowest BCUT2D eigenvalue weighted by molar-refractivity contribution is -0.384. The zero-order valence-corrected chi connectivity index (χ0v) is 11.4. The van der Waals surface area contributed by atoms with Crippen LogP contribution < -0.4 is 4.74 Å². The Morgan fingerprint density at radius 3 is 2.20 bits per heavy atom. The minimum absolute atomic E-state index is 0.0315. The molecular formula is C14H11NO4S. The summed E-state index contributed by atoms with van der Waals surface area (Å²) < 4.78 is 5.04. The number of nitro groups is 1. The minimum Gasteiger partial charge on any atom is -0.497 e. The summed E-state index contributed by atoms with van der Waals surface area (Å²) in [6.45, 7) is 0. The van der Waals surface area contributed by atoms with E-state index in [4.69, 9.17) is 4.74 Å². The molecule has 6 heteroatoms. The molecule has 0 saturated carbocycles. The third-order valence-electron chi connectivity index (χ3n) is 2.58. The van der Waals surface area contributed by atoms with Crippen molar-refractivity contribution < 1.29 is 14.5 Å².